The Morgan fingerprint density at radius 2 is 1.71 bits per heavy atom. The molecule has 0 aliphatic carbocycles. The van der Waals surface area contributed by atoms with Gasteiger partial charge in [0.05, 0.1) is 7.11 Å². The van der Waals surface area contributed by atoms with Gasteiger partial charge in [-0.25, -0.2) is 0 Å². The van der Waals surface area contributed by atoms with E-state index in [9.17, 15) is 0 Å². The lowest BCUT2D eigenvalue weighted by atomic mass is 10.1. The van der Waals surface area contributed by atoms with Crippen molar-refractivity contribution in [1.29, 1.82) is 0 Å². The lowest BCUT2D eigenvalue weighted by molar-refractivity contribution is 0.211. The minimum atomic E-state index is 0.464. The Hall–Kier alpha value is -2.42. The first kappa shape index (κ1) is 15.0. The van der Waals surface area contributed by atoms with Gasteiger partial charge in [0.15, 0.2) is 11.5 Å². The van der Waals surface area contributed by atoms with Crippen molar-refractivity contribution in [3.05, 3.63) is 66.7 Å². The highest BCUT2D eigenvalue weighted by molar-refractivity contribution is 5.43. The van der Waals surface area contributed by atoms with Crippen LogP contribution in [0.5, 0.6) is 17.2 Å². The van der Waals surface area contributed by atoms with Crippen LogP contribution < -0.4 is 14.2 Å². The highest BCUT2D eigenvalue weighted by atomic mass is 16.5. The van der Waals surface area contributed by atoms with Crippen molar-refractivity contribution in [3.8, 4) is 17.2 Å². The summed E-state index contributed by atoms with van der Waals surface area (Å²) in [4.78, 5) is 0. The standard InChI is InChI=1S/C18H20O3/c1-3-7-15-10-11-17(18(14-15)19-2)21-13-12-20-16-8-5-4-6-9-16/h3-6,8-11,14H,1,7,12-13H2,2H3. The van der Waals surface area contributed by atoms with E-state index in [1.807, 2.05) is 54.6 Å². The van der Waals surface area contributed by atoms with Gasteiger partial charge in [-0.2, -0.15) is 0 Å². The van der Waals surface area contributed by atoms with Gasteiger partial charge in [-0.1, -0.05) is 30.3 Å². The summed E-state index contributed by atoms with van der Waals surface area (Å²) in [5.74, 6) is 2.30. The molecule has 0 N–H and O–H groups in total. The van der Waals surface area contributed by atoms with Gasteiger partial charge in [-0.3, -0.25) is 0 Å². The van der Waals surface area contributed by atoms with E-state index in [1.54, 1.807) is 7.11 Å². The van der Waals surface area contributed by atoms with Gasteiger partial charge in [-0.15, -0.1) is 6.58 Å². The van der Waals surface area contributed by atoms with E-state index in [-0.39, 0.29) is 0 Å². The fourth-order valence-corrected chi connectivity index (χ4v) is 1.95. The molecule has 0 saturated carbocycles. The Morgan fingerprint density at radius 3 is 2.43 bits per heavy atom. The Morgan fingerprint density at radius 1 is 0.952 bits per heavy atom. The monoisotopic (exact) mass is 284 g/mol. The molecule has 2 aromatic carbocycles. The van der Waals surface area contributed by atoms with Crippen LogP contribution in [0.2, 0.25) is 0 Å². The molecule has 0 unspecified atom stereocenters. The molecule has 2 rings (SSSR count). The van der Waals surface area contributed by atoms with Crippen LogP contribution in [0.15, 0.2) is 61.2 Å². The number of methoxy groups -OCH3 is 1. The predicted octanol–water partition coefficient (Wildman–Crippen LogP) is 3.88. The third kappa shape index (κ3) is 4.56. The van der Waals surface area contributed by atoms with Crippen LogP contribution in [0.3, 0.4) is 0 Å². The summed E-state index contributed by atoms with van der Waals surface area (Å²) >= 11 is 0. The molecule has 0 aliphatic rings. The molecular weight excluding hydrogens is 264 g/mol. The summed E-state index contributed by atoms with van der Waals surface area (Å²) in [6.07, 6.45) is 2.68. The molecule has 3 heteroatoms. The van der Waals surface area contributed by atoms with Gasteiger partial charge in [0.1, 0.15) is 19.0 Å². The second-order valence-corrected chi connectivity index (χ2v) is 4.49. The third-order valence-electron chi connectivity index (χ3n) is 2.96. The molecular formula is C18H20O3. The fraction of sp³-hybridized carbons (Fsp3) is 0.222. The fourth-order valence-electron chi connectivity index (χ4n) is 1.95. The molecule has 21 heavy (non-hydrogen) atoms. The van der Waals surface area contributed by atoms with Crippen molar-refractivity contribution >= 4 is 0 Å². The topological polar surface area (TPSA) is 27.7 Å². The summed E-state index contributed by atoms with van der Waals surface area (Å²) < 4.78 is 16.6. The second kappa shape index (κ2) is 8.00. The molecule has 0 atom stereocenters. The third-order valence-corrected chi connectivity index (χ3v) is 2.96. The van der Waals surface area contributed by atoms with Crippen molar-refractivity contribution in [3.63, 3.8) is 0 Å². The number of allylic oxidation sites excluding steroid dienone is 1. The maximum Gasteiger partial charge on any atom is 0.161 e. The molecule has 0 fully saturated rings. The minimum Gasteiger partial charge on any atom is -0.493 e. The molecule has 110 valence electrons. The van der Waals surface area contributed by atoms with Gasteiger partial charge in [0, 0.05) is 0 Å². The first-order chi connectivity index (χ1) is 10.3. The summed E-state index contributed by atoms with van der Waals surface area (Å²) in [6.45, 7) is 4.69. The maximum absolute atomic E-state index is 5.71. The second-order valence-electron chi connectivity index (χ2n) is 4.49. The highest BCUT2D eigenvalue weighted by Crippen LogP contribution is 2.28. The molecule has 0 amide bonds. The normalized spacial score (nSPS) is 9.95. The highest BCUT2D eigenvalue weighted by Gasteiger charge is 2.05. The van der Waals surface area contributed by atoms with Crippen LogP contribution in [-0.4, -0.2) is 20.3 Å². The van der Waals surface area contributed by atoms with E-state index >= 15 is 0 Å². The average Bonchev–Trinajstić information content (AvgIpc) is 2.53. The molecule has 3 nitrogen and oxygen atoms in total. The summed E-state index contributed by atoms with van der Waals surface area (Å²) in [5.41, 5.74) is 1.15. The van der Waals surface area contributed by atoms with Crippen LogP contribution >= 0.6 is 0 Å². The van der Waals surface area contributed by atoms with E-state index in [1.165, 1.54) is 0 Å². The molecule has 0 saturated heterocycles. The van der Waals surface area contributed by atoms with Gasteiger partial charge in [-0.05, 0) is 36.2 Å². The minimum absolute atomic E-state index is 0.464. The summed E-state index contributed by atoms with van der Waals surface area (Å²) in [7, 11) is 1.64. The van der Waals surface area contributed by atoms with Crippen LogP contribution in [-0.2, 0) is 6.42 Å². The lowest BCUT2D eigenvalue weighted by Gasteiger charge is -2.12. The average molecular weight is 284 g/mol. The first-order valence-corrected chi connectivity index (χ1v) is 6.92. The van der Waals surface area contributed by atoms with E-state index < -0.39 is 0 Å². The Labute approximate surface area is 125 Å². The van der Waals surface area contributed by atoms with Crippen molar-refractivity contribution < 1.29 is 14.2 Å². The molecule has 0 spiro atoms. The molecule has 0 bridgehead atoms. The van der Waals surface area contributed by atoms with Crippen molar-refractivity contribution in [2.24, 2.45) is 0 Å². The van der Waals surface area contributed by atoms with E-state index in [0.29, 0.717) is 13.2 Å². The quantitative estimate of drug-likeness (QED) is 0.544. The van der Waals surface area contributed by atoms with Crippen molar-refractivity contribution in [1.82, 2.24) is 0 Å². The number of benzene rings is 2. The largest absolute Gasteiger partial charge is 0.493 e. The summed E-state index contributed by atoms with van der Waals surface area (Å²) in [5, 5.41) is 0. The number of hydrogen-bond donors (Lipinski definition) is 0. The predicted molar refractivity (Wildman–Crippen MR) is 84.3 cm³/mol. The Balaban J connectivity index is 1.86. The zero-order valence-electron chi connectivity index (χ0n) is 12.2. The molecule has 0 aliphatic heterocycles. The van der Waals surface area contributed by atoms with E-state index in [4.69, 9.17) is 14.2 Å². The number of hydrogen-bond acceptors (Lipinski definition) is 3. The molecule has 0 aromatic heterocycles. The van der Waals surface area contributed by atoms with Crippen LogP contribution in [0.25, 0.3) is 0 Å². The first-order valence-electron chi connectivity index (χ1n) is 6.92. The molecule has 0 radical (unpaired) electrons. The Bertz CT molecular complexity index is 564. The van der Waals surface area contributed by atoms with Gasteiger partial charge in [0.2, 0.25) is 0 Å². The van der Waals surface area contributed by atoms with Crippen molar-refractivity contribution in [2.45, 2.75) is 6.42 Å². The lowest BCUT2D eigenvalue weighted by Crippen LogP contribution is -2.09. The van der Waals surface area contributed by atoms with Crippen molar-refractivity contribution in [2.75, 3.05) is 20.3 Å². The maximum atomic E-state index is 5.71. The van der Waals surface area contributed by atoms with Gasteiger partial charge >= 0.3 is 0 Å². The molecule has 2 aromatic rings. The summed E-state index contributed by atoms with van der Waals surface area (Å²) in [6, 6.07) is 15.6. The van der Waals surface area contributed by atoms with Gasteiger partial charge in [0.25, 0.3) is 0 Å². The number of ether oxygens (including phenoxy) is 3. The zero-order chi connectivity index (χ0) is 14.9. The smallest absolute Gasteiger partial charge is 0.161 e. The zero-order valence-corrected chi connectivity index (χ0v) is 12.2. The number of rotatable bonds is 8. The van der Waals surface area contributed by atoms with E-state index in [0.717, 1.165) is 29.2 Å². The molecule has 0 heterocycles. The van der Waals surface area contributed by atoms with Crippen LogP contribution in [0.4, 0.5) is 0 Å². The Kier molecular flexibility index (Phi) is 5.71. The van der Waals surface area contributed by atoms with Gasteiger partial charge < -0.3 is 14.2 Å². The SMILES string of the molecule is C=CCc1ccc(OCCOc2ccccc2)c(OC)c1. The number of para-hydroxylation sites is 1. The van der Waals surface area contributed by atoms with Crippen LogP contribution in [0, 0.1) is 0 Å². The van der Waals surface area contributed by atoms with Crippen LogP contribution in [0.1, 0.15) is 5.56 Å². The van der Waals surface area contributed by atoms with E-state index in [2.05, 4.69) is 6.58 Å².